The molecule has 116 valence electrons. The number of ether oxygens (including phenoxy) is 1. The van der Waals surface area contributed by atoms with Crippen molar-refractivity contribution >= 4 is 6.21 Å². The van der Waals surface area contributed by atoms with E-state index in [-0.39, 0.29) is 0 Å². The fourth-order valence-corrected chi connectivity index (χ4v) is 2.06. The third kappa shape index (κ3) is 6.91. The van der Waals surface area contributed by atoms with Crippen LogP contribution in [0.15, 0.2) is 16.4 Å². The zero-order chi connectivity index (χ0) is 15.2. The number of nitrogens with two attached hydrogens (primary N) is 2. The molecule has 0 radical (unpaired) electrons. The maximum Gasteiger partial charge on any atom is 0.188 e. The fraction of sp³-hybridized carbons (Fsp3) is 0.800. The molecule has 5 N–H and O–H groups in total. The number of hydrogen-bond donors (Lipinski definition) is 3. The first-order valence-electron chi connectivity index (χ1n) is 7.38. The molecule has 0 heterocycles. The van der Waals surface area contributed by atoms with Crippen LogP contribution in [0.3, 0.4) is 0 Å². The Labute approximate surface area is 122 Å². The molecule has 0 atom stereocenters. The van der Waals surface area contributed by atoms with Crippen LogP contribution < -0.4 is 11.5 Å². The summed E-state index contributed by atoms with van der Waals surface area (Å²) in [4.78, 5) is 4.55. The lowest BCUT2D eigenvalue weighted by Gasteiger charge is -2.23. The van der Waals surface area contributed by atoms with Crippen molar-refractivity contribution in [1.29, 1.82) is 0 Å². The predicted octanol–water partition coefficient (Wildman–Crippen LogP) is 1.69. The van der Waals surface area contributed by atoms with E-state index < -0.39 is 5.60 Å². The van der Waals surface area contributed by atoms with Crippen molar-refractivity contribution in [2.24, 2.45) is 16.5 Å². The molecule has 5 heteroatoms. The summed E-state index contributed by atoms with van der Waals surface area (Å²) in [7, 11) is 0. The summed E-state index contributed by atoms with van der Waals surface area (Å²) in [5.41, 5.74) is 11.8. The van der Waals surface area contributed by atoms with Crippen molar-refractivity contribution in [3.8, 4) is 0 Å². The van der Waals surface area contributed by atoms with E-state index in [4.69, 9.17) is 16.2 Å². The molecule has 0 spiro atoms. The largest absolute Gasteiger partial charge is 0.479 e. The lowest BCUT2D eigenvalue weighted by atomic mass is 9.92. The molecule has 0 saturated heterocycles. The number of nitrogens with zero attached hydrogens (tertiary/aromatic N) is 1. The lowest BCUT2D eigenvalue weighted by Crippen LogP contribution is -2.28. The van der Waals surface area contributed by atoms with Gasteiger partial charge in [0.2, 0.25) is 0 Å². The smallest absolute Gasteiger partial charge is 0.188 e. The van der Waals surface area contributed by atoms with Gasteiger partial charge in [0.15, 0.2) is 5.88 Å². The molecular weight excluding hydrogens is 254 g/mol. The summed E-state index contributed by atoms with van der Waals surface area (Å²) < 4.78 is 5.42. The van der Waals surface area contributed by atoms with Gasteiger partial charge in [0.05, 0.1) is 18.2 Å². The second-order valence-corrected chi connectivity index (χ2v) is 6.30. The first-order valence-corrected chi connectivity index (χ1v) is 7.38. The number of rotatable bonds is 6. The van der Waals surface area contributed by atoms with Crippen LogP contribution in [0.25, 0.3) is 0 Å². The second kappa shape index (κ2) is 7.64. The van der Waals surface area contributed by atoms with Gasteiger partial charge in [0.25, 0.3) is 0 Å². The first-order chi connectivity index (χ1) is 9.28. The quantitative estimate of drug-likeness (QED) is 0.511. The van der Waals surface area contributed by atoms with E-state index in [1.165, 1.54) is 0 Å². The van der Waals surface area contributed by atoms with E-state index in [0.717, 1.165) is 31.3 Å². The average Bonchev–Trinajstić information content (AvgIpc) is 2.36. The maximum atomic E-state index is 9.59. The zero-order valence-corrected chi connectivity index (χ0v) is 12.9. The van der Waals surface area contributed by atoms with Crippen molar-refractivity contribution in [1.82, 2.24) is 0 Å². The van der Waals surface area contributed by atoms with Crippen LogP contribution >= 0.6 is 0 Å². The van der Waals surface area contributed by atoms with Crippen LogP contribution in [0.1, 0.15) is 52.9 Å². The molecular formula is C15H29N3O2. The Morgan fingerprint density at radius 2 is 1.95 bits per heavy atom. The minimum absolute atomic E-state index is 0.341. The molecule has 5 nitrogen and oxygen atoms in total. The highest BCUT2D eigenvalue weighted by atomic mass is 16.5. The normalized spacial score (nSPS) is 25.6. The molecule has 1 aliphatic rings. The maximum absolute atomic E-state index is 9.59. The second-order valence-electron chi connectivity index (χ2n) is 6.30. The topological polar surface area (TPSA) is 93.9 Å². The van der Waals surface area contributed by atoms with Crippen molar-refractivity contribution in [2.75, 3.05) is 6.61 Å². The van der Waals surface area contributed by atoms with Gasteiger partial charge in [-0.05, 0) is 46.5 Å². The monoisotopic (exact) mass is 283 g/mol. The van der Waals surface area contributed by atoms with Crippen molar-refractivity contribution in [3.05, 3.63) is 11.5 Å². The fourth-order valence-electron chi connectivity index (χ4n) is 2.06. The summed E-state index contributed by atoms with van der Waals surface area (Å²) in [6.07, 6.45) is 6.51. The van der Waals surface area contributed by atoms with Gasteiger partial charge in [-0.15, -0.1) is 0 Å². The molecule has 0 unspecified atom stereocenters. The number of aliphatic hydroxyl groups is 1. The molecule has 1 rings (SSSR count). The van der Waals surface area contributed by atoms with Crippen LogP contribution in [0.2, 0.25) is 0 Å². The van der Waals surface area contributed by atoms with Gasteiger partial charge in [0.1, 0.15) is 0 Å². The molecule has 0 aromatic rings. The van der Waals surface area contributed by atoms with Crippen LogP contribution in [-0.4, -0.2) is 35.6 Å². The Morgan fingerprint density at radius 1 is 1.35 bits per heavy atom. The molecule has 0 aromatic heterocycles. The van der Waals surface area contributed by atoms with Gasteiger partial charge < -0.3 is 21.3 Å². The third-order valence-corrected chi connectivity index (χ3v) is 3.58. The Morgan fingerprint density at radius 3 is 2.50 bits per heavy atom. The van der Waals surface area contributed by atoms with Gasteiger partial charge in [-0.25, -0.2) is 0 Å². The predicted molar refractivity (Wildman–Crippen MR) is 82.5 cm³/mol. The van der Waals surface area contributed by atoms with Gasteiger partial charge in [-0.1, -0.05) is 0 Å². The minimum atomic E-state index is -0.733. The molecule has 0 aromatic carbocycles. The summed E-state index contributed by atoms with van der Waals surface area (Å²) in [6.45, 7) is 5.78. The summed E-state index contributed by atoms with van der Waals surface area (Å²) in [5, 5.41) is 9.59. The third-order valence-electron chi connectivity index (χ3n) is 3.58. The summed E-state index contributed by atoms with van der Waals surface area (Å²) in [6, 6.07) is 0.697. The Hall–Kier alpha value is -1.07. The molecule has 0 bridgehead atoms. The van der Waals surface area contributed by atoms with Gasteiger partial charge in [-0.2, -0.15) is 0 Å². The highest BCUT2D eigenvalue weighted by Gasteiger charge is 2.17. The van der Waals surface area contributed by atoms with E-state index in [0.29, 0.717) is 31.0 Å². The van der Waals surface area contributed by atoms with Crippen LogP contribution in [0.4, 0.5) is 0 Å². The first kappa shape index (κ1) is 17.0. The molecule has 1 aliphatic carbocycles. The van der Waals surface area contributed by atoms with Crippen molar-refractivity contribution in [3.63, 3.8) is 0 Å². The lowest BCUT2D eigenvalue weighted by molar-refractivity contribution is 0.0432. The number of aliphatic imine (C=N–C) groups is 1. The SMILES string of the molecule is CC(C=NC1CCC(N)CC1)=C(N)OCCC(C)(C)O. The highest BCUT2D eigenvalue weighted by molar-refractivity contribution is 5.78. The average molecular weight is 283 g/mol. The highest BCUT2D eigenvalue weighted by Crippen LogP contribution is 2.19. The van der Waals surface area contributed by atoms with Crippen LogP contribution in [-0.2, 0) is 4.74 Å². The minimum Gasteiger partial charge on any atom is -0.479 e. The molecule has 20 heavy (non-hydrogen) atoms. The molecule has 1 saturated carbocycles. The van der Waals surface area contributed by atoms with E-state index in [1.807, 2.05) is 6.92 Å². The van der Waals surface area contributed by atoms with Gasteiger partial charge in [0, 0.05) is 24.3 Å². The van der Waals surface area contributed by atoms with Crippen LogP contribution in [0.5, 0.6) is 0 Å². The van der Waals surface area contributed by atoms with E-state index in [2.05, 4.69) is 4.99 Å². The Bertz CT molecular complexity index is 351. The van der Waals surface area contributed by atoms with Gasteiger partial charge >= 0.3 is 0 Å². The molecule has 0 amide bonds. The van der Waals surface area contributed by atoms with Gasteiger partial charge in [-0.3, -0.25) is 4.99 Å². The summed E-state index contributed by atoms with van der Waals surface area (Å²) in [5.74, 6) is 0.380. The Kier molecular flexibility index (Phi) is 6.49. The molecule has 1 fully saturated rings. The van der Waals surface area contributed by atoms with E-state index in [9.17, 15) is 5.11 Å². The van der Waals surface area contributed by atoms with E-state index in [1.54, 1.807) is 20.1 Å². The van der Waals surface area contributed by atoms with Crippen molar-refractivity contribution in [2.45, 2.75) is 70.6 Å². The number of allylic oxidation sites excluding steroid dienone is 1. The Balaban J connectivity index is 2.38. The van der Waals surface area contributed by atoms with Crippen molar-refractivity contribution < 1.29 is 9.84 Å². The summed E-state index contributed by atoms with van der Waals surface area (Å²) >= 11 is 0. The number of hydrogen-bond acceptors (Lipinski definition) is 5. The van der Waals surface area contributed by atoms with Crippen LogP contribution in [0, 0.1) is 0 Å². The molecule has 0 aliphatic heterocycles. The zero-order valence-electron chi connectivity index (χ0n) is 12.9. The standard InChI is InChI=1S/C15H29N3O2/c1-11(14(17)20-9-8-15(2,3)19)10-18-13-6-4-12(16)5-7-13/h10,12-13,19H,4-9,16-17H2,1-3H3. The van der Waals surface area contributed by atoms with E-state index >= 15 is 0 Å².